The van der Waals surface area contributed by atoms with Gasteiger partial charge in [0, 0.05) is 30.4 Å². The van der Waals surface area contributed by atoms with E-state index < -0.39 is 0 Å². The van der Waals surface area contributed by atoms with E-state index in [-0.39, 0.29) is 5.78 Å². The second kappa shape index (κ2) is 14.9. The van der Waals surface area contributed by atoms with E-state index in [2.05, 4.69) is 37.9 Å². The van der Waals surface area contributed by atoms with Crippen LogP contribution in [0.25, 0.3) is 11.3 Å². The molecule has 3 nitrogen and oxygen atoms in total. The lowest BCUT2D eigenvalue weighted by Crippen LogP contribution is -2.01. The SMILES string of the molecule is CCCCCCOCCc1ccc(-c2ccc(C(=O)CCCCC(C)CC)cc2)nc1. The molecule has 0 spiro atoms. The molecule has 0 bridgehead atoms. The minimum Gasteiger partial charge on any atom is -0.381 e. The molecule has 0 aliphatic carbocycles. The number of rotatable bonds is 16. The van der Waals surface area contributed by atoms with Crippen LogP contribution in [0.5, 0.6) is 0 Å². The molecule has 0 N–H and O–H groups in total. The first kappa shape index (κ1) is 25.3. The fourth-order valence-electron chi connectivity index (χ4n) is 3.62. The van der Waals surface area contributed by atoms with Crippen molar-refractivity contribution in [2.75, 3.05) is 13.2 Å². The zero-order valence-electron chi connectivity index (χ0n) is 19.9. The van der Waals surface area contributed by atoms with E-state index in [1.54, 1.807) is 0 Å². The van der Waals surface area contributed by atoms with Crippen LogP contribution in [0.1, 0.15) is 94.5 Å². The molecule has 2 aromatic rings. The summed E-state index contributed by atoms with van der Waals surface area (Å²) < 4.78 is 5.73. The number of ketones is 1. The maximum absolute atomic E-state index is 12.4. The second-order valence-corrected chi connectivity index (χ2v) is 8.73. The molecule has 170 valence electrons. The van der Waals surface area contributed by atoms with Crippen molar-refractivity contribution in [3.8, 4) is 11.3 Å². The number of ether oxygens (including phenoxy) is 1. The quantitative estimate of drug-likeness (QED) is 0.205. The van der Waals surface area contributed by atoms with E-state index in [9.17, 15) is 4.79 Å². The van der Waals surface area contributed by atoms with Gasteiger partial charge < -0.3 is 4.74 Å². The van der Waals surface area contributed by atoms with E-state index in [0.717, 1.165) is 61.6 Å². The number of unbranched alkanes of at least 4 members (excludes halogenated alkanes) is 4. The monoisotopic (exact) mass is 423 g/mol. The van der Waals surface area contributed by atoms with Crippen molar-refractivity contribution < 1.29 is 9.53 Å². The summed E-state index contributed by atoms with van der Waals surface area (Å²) in [5.41, 5.74) is 3.99. The van der Waals surface area contributed by atoms with Gasteiger partial charge in [-0.05, 0) is 36.8 Å². The summed E-state index contributed by atoms with van der Waals surface area (Å²) >= 11 is 0. The molecule has 2 rings (SSSR count). The molecular weight excluding hydrogens is 382 g/mol. The van der Waals surface area contributed by atoms with Crippen LogP contribution in [0.15, 0.2) is 42.6 Å². The highest BCUT2D eigenvalue weighted by molar-refractivity contribution is 5.96. The van der Waals surface area contributed by atoms with Gasteiger partial charge in [-0.2, -0.15) is 0 Å². The number of benzene rings is 1. The number of hydrogen-bond donors (Lipinski definition) is 0. The van der Waals surface area contributed by atoms with E-state index >= 15 is 0 Å². The molecule has 1 unspecified atom stereocenters. The average molecular weight is 424 g/mol. The van der Waals surface area contributed by atoms with Gasteiger partial charge >= 0.3 is 0 Å². The summed E-state index contributed by atoms with van der Waals surface area (Å²) in [4.78, 5) is 17.0. The van der Waals surface area contributed by atoms with Crippen molar-refractivity contribution in [1.29, 1.82) is 0 Å². The molecule has 0 aliphatic rings. The molecule has 1 aromatic carbocycles. The molecule has 0 saturated carbocycles. The summed E-state index contributed by atoms with van der Waals surface area (Å²) in [6.45, 7) is 8.34. The lowest BCUT2D eigenvalue weighted by atomic mass is 9.98. The fourth-order valence-corrected chi connectivity index (χ4v) is 3.62. The van der Waals surface area contributed by atoms with Gasteiger partial charge in [0.15, 0.2) is 5.78 Å². The third kappa shape index (κ3) is 9.78. The summed E-state index contributed by atoms with van der Waals surface area (Å²) in [5.74, 6) is 1.00. The third-order valence-corrected chi connectivity index (χ3v) is 6.05. The van der Waals surface area contributed by atoms with Crippen molar-refractivity contribution in [3.63, 3.8) is 0 Å². The van der Waals surface area contributed by atoms with Gasteiger partial charge in [0.25, 0.3) is 0 Å². The molecule has 1 heterocycles. The first-order valence-electron chi connectivity index (χ1n) is 12.3. The van der Waals surface area contributed by atoms with Crippen molar-refractivity contribution in [2.24, 2.45) is 5.92 Å². The number of hydrogen-bond acceptors (Lipinski definition) is 3. The Morgan fingerprint density at radius 2 is 1.74 bits per heavy atom. The molecule has 31 heavy (non-hydrogen) atoms. The summed E-state index contributed by atoms with van der Waals surface area (Å²) in [6, 6.07) is 12.1. The molecule has 0 radical (unpaired) electrons. The molecule has 1 atom stereocenters. The van der Waals surface area contributed by atoms with Crippen LogP contribution in [-0.4, -0.2) is 24.0 Å². The first-order chi connectivity index (χ1) is 15.1. The van der Waals surface area contributed by atoms with Gasteiger partial charge in [-0.1, -0.05) is 89.6 Å². The van der Waals surface area contributed by atoms with Gasteiger partial charge in [-0.3, -0.25) is 9.78 Å². The predicted molar refractivity (Wildman–Crippen MR) is 131 cm³/mol. The number of Topliss-reactive ketones (excluding diaryl/α,β-unsaturated/α-hetero) is 1. The molecular formula is C28H41NO2. The van der Waals surface area contributed by atoms with Gasteiger partial charge in [0.2, 0.25) is 0 Å². The summed E-state index contributed by atoms with van der Waals surface area (Å²) in [6.07, 6.45) is 13.0. The first-order valence-corrected chi connectivity index (χ1v) is 12.3. The number of carbonyl (C=O) groups is 1. The van der Waals surface area contributed by atoms with E-state index in [1.807, 2.05) is 30.5 Å². The predicted octanol–water partition coefficient (Wildman–Crippen LogP) is 7.68. The average Bonchev–Trinajstić information content (AvgIpc) is 2.81. The second-order valence-electron chi connectivity index (χ2n) is 8.73. The zero-order valence-corrected chi connectivity index (χ0v) is 19.9. The zero-order chi connectivity index (χ0) is 22.3. The van der Waals surface area contributed by atoms with E-state index in [4.69, 9.17) is 4.74 Å². The Balaban J connectivity index is 1.74. The summed E-state index contributed by atoms with van der Waals surface area (Å²) in [5, 5.41) is 0. The molecule has 1 aromatic heterocycles. The highest BCUT2D eigenvalue weighted by Gasteiger charge is 2.08. The Labute approximate surface area is 189 Å². The maximum atomic E-state index is 12.4. The highest BCUT2D eigenvalue weighted by Crippen LogP contribution is 2.20. The molecule has 3 heteroatoms. The van der Waals surface area contributed by atoms with Crippen LogP contribution in [0.3, 0.4) is 0 Å². The molecule has 0 aliphatic heterocycles. The van der Waals surface area contributed by atoms with E-state index in [1.165, 1.54) is 37.7 Å². The number of carbonyl (C=O) groups excluding carboxylic acids is 1. The van der Waals surface area contributed by atoms with Crippen molar-refractivity contribution in [1.82, 2.24) is 4.98 Å². The van der Waals surface area contributed by atoms with Crippen LogP contribution < -0.4 is 0 Å². The number of pyridine rings is 1. The van der Waals surface area contributed by atoms with Gasteiger partial charge in [0.05, 0.1) is 12.3 Å². The molecule has 0 saturated heterocycles. The van der Waals surface area contributed by atoms with Gasteiger partial charge in [-0.25, -0.2) is 0 Å². The van der Waals surface area contributed by atoms with Gasteiger partial charge in [-0.15, -0.1) is 0 Å². The Hall–Kier alpha value is -2.00. The smallest absolute Gasteiger partial charge is 0.162 e. The third-order valence-electron chi connectivity index (χ3n) is 6.05. The minimum atomic E-state index is 0.244. The van der Waals surface area contributed by atoms with Crippen molar-refractivity contribution >= 4 is 5.78 Å². The Kier molecular flexibility index (Phi) is 12.2. The number of aromatic nitrogens is 1. The fraction of sp³-hybridized carbons (Fsp3) is 0.571. The largest absolute Gasteiger partial charge is 0.381 e. The Morgan fingerprint density at radius 3 is 2.42 bits per heavy atom. The van der Waals surface area contributed by atoms with Crippen molar-refractivity contribution in [2.45, 2.75) is 85.0 Å². The lowest BCUT2D eigenvalue weighted by molar-refractivity contribution is 0.0978. The van der Waals surface area contributed by atoms with Crippen molar-refractivity contribution in [3.05, 3.63) is 53.7 Å². The Morgan fingerprint density at radius 1 is 0.935 bits per heavy atom. The van der Waals surface area contributed by atoms with Gasteiger partial charge in [0.1, 0.15) is 0 Å². The normalized spacial score (nSPS) is 12.1. The van der Waals surface area contributed by atoms with Crippen LogP contribution in [0, 0.1) is 5.92 Å². The minimum absolute atomic E-state index is 0.244. The Bertz CT molecular complexity index is 737. The number of nitrogens with zero attached hydrogens (tertiary/aromatic N) is 1. The van der Waals surface area contributed by atoms with Crippen LogP contribution >= 0.6 is 0 Å². The maximum Gasteiger partial charge on any atom is 0.162 e. The van der Waals surface area contributed by atoms with Crippen LogP contribution in [-0.2, 0) is 11.2 Å². The van der Waals surface area contributed by atoms with Crippen LogP contribution in [0.4, 0.5) is 0 Å². The topological polar surface area (TPSA) is 39.2 Å². The summed E-state index contributed by atoms with van der Waals surface area (Å²) in [7, 11) is 0. The van der Waals surface area contributed by atoms with E-state index in [0.29, 0.717) is 6.42 Å². The molecule has 0 fully saturated rings. The lowest BCUT2D eigenvalue weighted by Gasteiger charge is -2.08. The van der Waals surface area contributed by atoms with Crippen LogP contribution in [0.2, 0.25) is 0 Å². The highest BCUT2D eigenvalue weighted by atomic mass is 16.5. The standard InChI is InChI=1S/C28H41NO2/c1-4-6-7-10-20-31-21-19-24-13-18-27(29-22-24)25-14-16-26(17-15-25)28(30)12-9-8-11-23(3)5-2/h13-18,22-23H,4-12,19-21H2,1-3H3. The molecule has 0 amide bonds.